The fraction of sp³-hybridized carbons (Fsp3) is 0.654. The van der Waals surface area contributed by atoms with Gasteiger partial charge in [0.25, 0.3) is 0 Å². The normalized spacial score (nSPS) is 23.9. The quantitative estimate of drug-likeness (QED) is 0.431. The lowest BCUT2D eigenvalue weighted by atomic mass is 9.64. The number of aliphatic hydroxyl groups is 1. The Morgan fingerprint density at radius 3 is 2.88 bits per heavy atom. The summed E-state index contributed by atoms with van der Waals surface area (Å²) < 4.78 is 4.06. The Bertz CT molecular complexity index is 1000. The Labute approximate surface area is 193 Å². The van der Waals surface area contributed by atoms with Crippen LogP contribution in [0.3, 0.4) is 0 Å². The number of hydrogen-bond acceptors (Lipinski definition) is 4. The molecule has 0 radical (unpaired) electrons. The van der Waals surface area contributed by atoms with Crippen LogP contribution in [0, 0.1) is 11.3 Å². The van der Waals surface area contributed by atoms with Crippen LogP contribution in [-0.2, 0) is 13.6 Å². The topological polar surface area (TPSA) is 80.8 Å². The zero-order chi connectivity index (χ0) is 23.5. The number of aromatic nitrogens is 4. The predicted molar refractivity (Wildman–Crippen MR) is 131 cm³/mol. The van der Waals surface area contributed by atoms with Gasteiger partial charge in [0.15, 0.2) is 18.5 Å². The van der Waals surface area contributed by atoms with E-state index in [9.17, 15) is 5.11 Å². The number of nitrogens with two attached hydrogens (primary N) is 1. The minimum absolute atomic E-state index is 0.222. The first-order valence-electron chi connectivity index (χ1n) is 12.0. The first-order chi connectivity index (χ1) is 15.0. The van der Waals surface area contributed by atoms with Gasteiger partial charge in [0.1, 0.15) is 0 Å². The zero-order valence-corrected chi connectivity index (χ0v) is 20.9. The van der Waals surface area contributed by atoms with Gasteiger partial charge in [-0.25, -0.2) is 4.57 Å². The summed E-state index contributed by atoms with van der Waals surface area (Å²) in [5.41, 5.74) is 10.2. The van der Waals surface area contributed by atoms with Gasteiger partial charge in [0.05, 0.1) is 19.2 Å². The number of allylic oxidation sites excluding steroid dienone is 4. The highest BCUT2D eigenvalue weighted by Gasteiger charge is 2.36. The van der Waals surface area contributed by atoms with E-state index in [1.54, 1.807) is 0 Å². The van der Waals surface area contributed by atoms with E-state index in [1.165, 1.54) is 30.3 Å². The van der Waals surface area contributed by atoms with E-state index in [1.807, 2.05) is 24.9 Å². The van der Waals surface area contributed by atoms with E-state index in [0.717, 1.165) is 49.8 Å². The van der Waals surface area contributed by atoms with Crippen molar-refractivity contribution in [3.63, 3.8) is 0 Å². The van der Waals surface area contributed by atoms with E-state index >= 15 is 0 Å². The van der Waals surface area contributed by atoms with Crippen molar-refractivity contribution in [3.05, 3.63) is 36.0 Å². The third kappa shape index (κ3) is 5.40. The van der Waals surface area contributed by atoms with Crippen LogP contribution in [-0.4, -0.2) is 25.2 Å². The van der Waals surface area contributed by atoms with Crippen LogP contribution < -0.4 is 10.3 Å². The average molecular weight is 441 g/mol. The predicted octanol–water partition coefficient (Wildman–Crippen LogP) is 4.87. The van der Waals surface area contributed by atoms with Crippen LogP contribution in [0.15, 0.2) is 36.0 Å². The van der Waals surface area contributed by atoms with Gasteiger partial charge in [0.2, 0.25) is 5.52 Å². The van der Waals surface area contributed by atoms with Crippen LogP contribution in [0.25, 0.3) is 11.2 Å². The Morgan fingerprint density at radius 2 is 2.16 bits per heavy atom. The molecule has 1 aliphatic carbocycles. The summed E-state index contributed by atoms with van der Waals surface area (Å²) in [4.78, 5) is 8.46. The minimum atomic E-state index is -0.614. The van der Waals surface area contributed by atoms with E-state index in [2.05, 4.69) is 54.4 Å². The van der Waals surface area contributed by atoms with Crippen molar-refractivity contribution in [2.24, 2.45) is 18.4 Å². The van der Waals surface area contributed by atoms with Crippen molar-refractivity contribution < 1.29 is 9.67 Å². The van der Waals surface area contributed by atoms with Crippen LogP contribution in [0.1, 0.15) is 79.6 Å². The second kappa shape index (κ2) is 9.74. The Balaban J connectivity index is 1.52. The van der Waals surface area contributed by atoms with Gasteiger partial charge in [-0.2, -0.15) is 4.98 Å². The SMILES string of the molecule is CC1=CCC[C@H](C)[C@@]1(C)CCC(C)(O)CCC/C(C)=C/Cn1c[n+](C)c2ncnc(N)c21. The number of anilines is 1. The van der Waals surface area contributed by atoms with Gasteiger partial charge in [0, 0.05) is 0 Å². The molecule has 0 amide bonds. The molecule has 0 saturated heterocycles. The maximum atomic E-state index is 11.0. The summed E-state index contributed by atoms with van der Waals surface area (Å²) in [5, 5.41) is 11.0. The number of nitrogens with zero attached hydrogens (tertiary/aromatic N) is 4. The molecular formula is C26H42N5O+. The molecule has 3 atom stereocenters. The molecule has 176 valence electrons. The Hall–Kier alpha value is -2.21. The number of fused-ring (bicyclic) bond motifs is 1. The Kier molecular flexibility index (Phi) is 7.43. The highest BCUT2D eigenvalue weighted by Crippen LogP contribution is 2.46. The molecule has 0 bridgehead atoms. The number of hydrogen-bond donors (Lipinski definition) is 2. The van der Waals surface area contributed by atoms with Crippen molar-refractivity contribution in [3.8, 4) is 0 Å². The molecule has 32 heavy (non-hydrogen) atoms. The van der Waals surface area contributed by atoms with Crippen molar-refractivity contribution in [2.75, 3.05) is 5.73 Å². The molecule has 3 rings (SSSR count). The van der Waals surface area contributed by atoms with Crippen LogP contribution in [0.5, 0.6) is 0 Å². The first-order valence-corrected chi connectivity index (χ1v) is 12.0. The molecule has 3 N–H and O–H groups in total. The summed E-state index contributed by atoms with van der Waals surface area (Å²) in [7, 11) is 1.97. The summed E-state index contributed by atoms with van der Waals surface area (Å²) >= 11 is 0. The smallest absolute Gasteiger partial charge is 0.307 e. The third-order valence-electron chi connectivity index (χ3n) is 7.91. The molecule has 0 aliphatic heterocycles. The van der Waals surface area contributed by atoms with Gasteiger partial charge in [-0.05, 0) is 77.0 Å². The first kappa shape index (κ1) is 24.4. The lowest BCUT2D eigenvalue weighted by molar-refractivity contribution is -0.647. The number of imidazole rings is 1. The molecule has 2 aromatic rings. The lowest BCUT2D eigenvalue weighted by Gasteiger charge is -2.42. The average Bonchev–Trinajstić information content (AvgIpc) is 3.06. The lowest BCUT2D eigenvalue weighted by Crippen LogP contribution is -2.33. The fourth-order valence-electron chi connectivity index (χ4n) is 5.07. The van der Waals surface area contributed by atoms with E-state index in [0.29, 0.717) is 11.7 Å². The maximum absolute atomic E-state index is 11.0. The molecule has 2 heterocycles. The third-order valence-corrected chi connectivity index (χ3v) is 7.91. The van der Waals surface area contributed by atoms with E-state index in [4.69, 9.17) is 5.73 Å². The van der Waals surface area contributed by atoms with Gasteiger partial charge in [-0.3, -0.25) is 4.57 Å². The molecule has 0 spiro atoms. The number of rotatable bonds is 9. The minimum Gasteiger partial charge on any atom is -0.390 e. The molecule has 0 aromatic carbocycles. The van der Waals surface area contributed by atoms with Crippen LogP contribution >= 0.6 is 0 Å². The summed E-state index contributed by atoms with van der Waals surface area (Å²) in [5.74, 6) is 1.18. The summed E-state index contributed by atoms with van der Waals surface area (Å²) in [6.07, 6.45) is 15.3. The van der Waals surface area contributed by atoms with Crippen molar-refractivity contribution in [1.29, 1.82) is 0 Å². The van der Waals surface area contributed by atoms with Crippen molar-refractivity contribution in [2.45, 2.75) is 91.7 Å². The van der Waals surface area contributed by atoms with E-state index in [-0.39, 0.29) is 5.41 Å². The summed E-state index contributed by atoms with van der Waals surface area (Å²) in [6.45, 7) is 11.9. The molecule has 1 aliphatic rings. The monoisotopic (exact) mass is 440 g/mol. The molecule has 6 nitrogen and oxygen atoms in total. The largest absolute Gasteiger partial charge is 0.390 e. The van der Waals surface area contributed by atoms with Gasteiger partial charge in [-0.1, -0.05) is 42.1 Å². The van der Waals surface area contributed by atoms with Crippen molar-refractivity contribution in [1.82, 2.24) is 14.5 Å². The maximum Gasteiger partial charge on any atom is 0.307 e. The highest BCUT2D eigenvalue weighted by atomic mass is 16.3. The van der Waals surface area contributed by atoms with Gasteiger partial charge >= 0.3 is 5.65 Å². The number of aryl methyl sites for hydroxylation is 1. The molecule has 0 saturated carbocycles. The van der Waals surface area contributed by atoms with E-state index < -0.39 is 5.60 Å². The molecule has 1 unspecified atom stereocenters. The second-order valence-corrected chi connectivity index (χ2v) is 10.5. The van der Waals surface area contributed by atoms with Gasteiger partial charge in [-0.15, -0.1) is 0 Å². The number of nitrogen functional groups attached to an aromatic ring is 1. The van der Waals surface area contributed by atoms with Crippen LogP contribution in [0.2, 0.25) is 0 Å². The summed E-state index contributed by atoms with van der Waals surface area (Å²) in [6, 6.07) is 0. The molecule has 2 aromatic heterocycles. The highest BCUT2D eigenvalue weighted by molar-refractivity contribution is 5.79. The molecule has 0 fully saturated rings. The van der Waals surface area contributed by atoms with Crippen molar-refractivity contribution >= 4 is 17.0 Å². The molecular weight excluding hydrogens is 398 g/mol. The Morgan fingerprint density at radius 1 is 1.41 bits per heavy atom. The standard InChI is InChI=1S/C26H42N5O/c1-19(12-16-31-18-30(6)24-22(31)23(27)28-17-29-24)9-8-13-25(4,32)14-15-26(5)20(2)10-7-11-21(26)3/h10,12,17-18,21,32H,7-9,11,13-16H2,1-6H3,(H2,27,28,29)/q+1/b19-12+/t21-,25?,26-/m0/s1. The molecule has 6 heteroatoms. The fourth-order valence-corrected chi connectivity index (χ4v) is 5.07. The van der Waals surface area contributed by atoms with Crippen LogP contribution in [0.4, 0.5) is 5.82 Å². The van der Waals surface area contributed by atoms with Gasteiger partial charge < -0.3 is 10.8 Å². The zero-order valence-electron chi connectivity index (χ0n) is 20.9. The second-order valence-electron chi connectivity index (χ2n) is 10.5.